The Morgan fingerprint density at radius 3 is 2.43 bits per heavy atom. The first kappa shape index (κ1) is 21.3. The summed E-state index contributed by atoms with van der Waals surface area (Å²) in [6.45, 7) is 3.19. The Morgan fingerprint density at radius 2 is 1.86 bits per heavy atom. The lowest BCUT2D eigenvalue weighted by atomic mass is 10.3. The van der Waals surface area contributed by atoms with Gasteiger partial charge in [0.2, 0.25) is 10.0 Å². The molecule has 0 aliphatic heterocycles. The van der Waals surface area contributed by atoms with E-state index < -0.39 is 20.9 Å². The maximum absolute atomic E-state index is 12.4. The van der Waals surface area contributed by atoms with Gasteiger partial charge in [0.05, 0.1) is 15.9 Å². The molecular weight excluding hydrogens is 386 g/mol. The van der Waals surface area contributed by atoms with E-state index in [0.717, 1.165) is 0 Å². The van der Waals surface area contributed by atoms with E-state index in [9.17, 15) is 23.3 Å². The van der Waals surface area contributed by atoms with E-state index in [-0.39, 0.29) is 29.0 Å². The average molecular weight is 407 g/mol. The van der Waals surface area contributed by atoms with Crippen molar-refractivity contribution in [1.29, 1.82) is 0 Å². The number of amides is 1. The number of nitrogens with one attached hydrogen (secondary N) is 1. The van der Waals surface area contributed by atoms with Gasteiger partial charge in [-0.2, -0.15) is 4.31 Å². The molecular formula is C18H21N3O6S. The summed E-state index contributed by atoms with van der Waals surface area (Å²) < 4.78 is 31.3. The van der Waals surface area contributed by atoms with E-state index in [0.29, 0.717) is 5.69 Å². The predicted molar refractivity (Wildman–Crippen MR) is 104 cm³/mol. The van der Waals surface area contributed by atoms with Crippen LogP contribution in [0.5, 0.6) is 5.75 Å². The third-order valence-electron chi connectivity index (χ3n) is 3.94. The summed E-state index contributed by atoms with van der Waals surface area (Å²) in [4.78, 5) is 22.3. The zero-order valence-corrected chi connectivity index (χ0v) is 16.5. The van der Waals surface area contributed by atoms with Crippen molar-refractivity contribution in [2.45, 2.75) is 24.8 Å². The van der Waals surface area contributed by atoms with Crippen LogP contribution in [-0.2, 0) is 14.8 Å². The van der Waals surface area contributed by atoms with Gasteiger partial charge in [-0.15, -0.1) is 0 Å². The Balaban J connectivity index is 1.98. The Hall–Kier alpha value is -2.98. The number of nitrogens with zero attached hydrogens (tertiary/aromatic N) is 2. The zero-order valence-electron chi connectivity index (χ0n) is 15.7. The first-order chi connectivity index (χ1) is 13.1. The molecule has 0 fully saturated rings. The van der Waals surface area contributed by atoms with Crippen LogP contribution in [0, 0.1) is 10.1 Å². The van der Waals surface area contributed by atoms with Crippen LogP contribution in [-0.4, -0.2) is 43.2 Å². The van der Waals surface area contributed by atoms with Crippen molar-refractivity contribution in [3.05, 3.63) is 58.6 Å². The summed E-state index contributed by atoms with van der Waals surface area (Å²) in [5.74, 6) is -0.288. The highest BCUT2D eigenvalue weighted by Crippen LogP contribution is 2.20. The van der Waals surface area contributed by atoms with Crippen LogP contribution in [0.2, 0.25) is 0 Å². The molecule has 150 valence electrons. The van der Waals surface area contributed by atoms with Gasteiger partial charge >= 0.3 is 0 Å². The molecule has 1 N–H and O–H groups in total. The van der Waals surface area contributed by atoms with Gasteiger partial charge in [-0.05, 0) is 44.2 Å². The number of nitro groups is 1. The molecule has 1 amide bonds. The number of carbonyl (C=O) groups excluding carboxylic acids is 1. The number of non-ortho nitro benzene ring substituents is 1. The van der Waals surface area contributed by atoms with Crippen LogP contribution in [0.3, 0.4) is 0 Å². The van der Waals surface area contributed by atoms with E-state index in [1.807, 2.05) is 0 Å². The maximum Gasteiger partial charge on any atom is 0.273 e. The molecule has 0 aliphatic carbocycles. The fourth-order valence-electron chi connectivity index (χ4n) is 2.19. The summed E-state index contributed by atoms with van der Waals surface area (Å²) in [7, 11) is -2.10. The molecule has 0 bridgehead atoms. The summed E-state index contributed by atoms with van der Waals surface area (Å²) in [5, 5.41) is 13.3. The van der Waals surface area contributed by atoms with Crippen molar-refractivity contribution in [2.24, 2.45) is 0 Å². The number of carbonyl (C=O) groups is 1. The standard InChI is InChI=1S/C18H21N3O6S/c1-13(2)20(3)28(25,26)17-9-7-14(8-10-17)19-18(22)12-27-16-6-4-5-15(11-16)21(23)24/h4-11,13H,12H2,1-3H3,(H,19,22). The molecule has 0 radical (unpaired) electrons. The molecule has 0 atom stereocenters. The highest BCUT2D eigenvalue weighted by molar-refractivity contribution is 7.89. The lowest BCUT2D eigenvalue weighted by Crippen LogP contribution is -2.33. The molecule has 10 heteroatoms. The molecule has 0 aromatic heterocycles. The maximum atomic E-state index is 12.4. The van der Waals surface area contributed by atoms with Crippen molar-refractivity contribution in [3.8, 4) is 5.75 Å². The number of benzene rings is 2. The van der Waals surface area contributed by atoms with Gasteiger partial charge in [0.1, 0.15) is 5.75 Å². The van der Waals surface area contributed by atoms with Crippen molar-refractivity contribution >= 4 is 27.3 Å². The van der Waals surface area contributed by atoms with Gasteiger partial charge in [0, 0.05) is 24.8 Å². The molecule has 28 heavy (non-hydrogen) atoms. The van der Waals surface area contributed by atoms with Crippen molar-refractivity contribution in [1.82, 2.24) is 4.31 Å². The molecule has 9 nitrogen and oxygen atoms in total. The van der Waals surface area contributed by atoms with Crippen LogP contribution >= 0.6 is 0 Å². The minimum absolute atomic E-state index is 0.120. The zero-order chi connectivity index (χ0) is 20.9. The Labute approximate surface area is 163 Å². The minimum Gasteiger partial charge on any atom is -0.484 e. The fraction of sp³-hybridized carbons (Fsp3) is 0.278. The molecule has 0 aliphatic rings. The Kier molecular flexibility index (Phi) is 6.71. The van der Waals surface area contributed by atoms with Crippen LogP contribution in [0.1, 0.15) is 13.8 Å². The van der Waals surface area contributed by atoms with Crippen molar-refractivity contribution in [2.75, 3.05) is 19.0 Å². The third kappa shape index (κ3) is 5.27. The molecule has 0 unspecified atom stereocenters. The third-order valence-corrected chi connectivity index (χ3v) is 5.99. The van der Waals surface area contributed by atoms with Gasteiger partial charge in [-0.25, -0.2) is 8.42 Å². The topological polar surface area (TPSA) is 119 Å². The monoisotopic (exact) mass is 407 g/mol. The number of anilines is 1. The quantitative estimate of drug-likeness (QED) is 0.531. The predicted octanol–water partition coefficient (Wildman–Crippen LogP) is 2.64. The average Bonchev–Trinajstić information content (AvgIpc) is 2.66. The molecule has 2 aromatic rings. The first-order valence-electron chi connectivity index (χ1n) is 8.36. The molecule has 0 saturated carbocycles. The van der Waals surface area contributed by atoms with E-state index in [1.54, 1.807) is 13.8 Å². The van der Waals surface area contributed by atoms with Gasteiger partial charge in [-0.3, -0.25) is 14.9 Å². The lowest BCUT2D eigenvalue weighted by molar-refractivity contribution is -0.384. The second-order valence-corrected chi connectivity index (χ2v) is 8.23. The van der Waals surface area contributed by atoms with Crippen LogP contribution in [0.4, 0.5) is 11.4 Å². The second kappa shape index (κ2) is 8.81. The fourth-order valence-corrected chi connectivity index (χ4v) is 3.55. The number of rotatable bonds is 8. The molecule has 2 rings (SSSR count). The van der Waals surface area contributed by atoms with Gasteiger partial charge in [0.15, 0.2) is 6.61 Å². The smallest absolute Gasteiger partial charge is 0.273 e. The van der Waals surface area contributed by atoms with Gasteiger partial charge in [0.25, 0.3) is 11.6 Å². The molecule has 2 aromatic carbocycles. The largest absolute Gasteiger partial charge is 0.484 e. The molecule has 0 heterocycles. The normalized spacial score (nSPS) is 11.5. The Bertz CT molecular complexity index is 958. The number of nitro benzene ring substituents is 1. The molecule has 0 saturated heterocycles. The van der Waals surface area contributed by atoms with Crippen molar-refractivity contribution in [3.63, 3.8) is 0 Å². The SMILES string of the molecule is CC(C)N(C)S(=O)(=O)c1ccc(NC(=O)COc2cccc([N+](=O)[O-])c2)cc1. The van der Waals surface area contributed by atoms with E-state index in [1.165, 1.54) is 59.9 Å². The summed E-state index contributed by atoms with van der Waals surface area (Å²) in [6.07, 6.45) is 0. The summed E-state index contributed by atoms with van der Waals surface area (Å²) in [6, 6.07) is 11.1. The summed E-state index contributed by atoms with van der Waals surface area (Å²) >= 11 is 0. The highest BCUT2D eigenvalue weighted by atomic mass is 32.2. The number of sulfonamides is 1. The number of hydrogen-bond acceptors (Lipinski definition) is 6. The minimum atomic E-state index is -3.60. The highest BCUT2D eigenvalue weighted by Gasteiger charge is 2.22. The van der Waals surface area contributed by atoms with Gasteiger partial charge < -0.3 is 10.1 Å². The van der Waals surface area contributed by atoms with E-state index in [4.69, 9.17) is 4.74 Å². The van der Waals surface area contributed by atoms with Crippen LogP contribution < -0.4 is 10.1 Å². The van der Waals surface area contributed by atoms with Gasteiger partial charge in [-0.1, -0.05) is 6.07 Å². The van der Waals surface area contributed by atoms with Crippen molar-refractivity contribution < 1.29 is 22.9 Å². The van der Waals surface area contributed by atoms with E-state index >= 15 is 0 Å². The van der Waals surface area contributed by atoms with Crippen LogP contribution in [0.25, 0.3) is 0 Å². The summed E-state index contributed by atoms with van der Waals surface area (Å²) in [5.41, 5.74) is 0.264. The lowest BCUT2D eigenvalue weighted by Gasteiger charge is -2.21. The second-order valence-electron chi connectivity index (χ2n) is 6.23. The van der Waals surface area contributed by atoms with Crippen LogP contribution in [0.15, 0.2) is 53.4 Å². The number of hydrogen-bond donors (Lipinski definition) is 1. The molecule has 0 spiro atoms. The Morgan fingerprint density at radius 1 is 1.21 bits per heavy atom. The number of ether oxygens (including phenoxy) is 1. The first-order valence-corrected chi connectivity index (χ1v) is 9.80. The van der Waals surface area contributed by atoms with E-state index in [2.05, 4.69) is 5.32 Å².